The van der Waals surface area contributed by atoms with Crippen LogP contribution in [0.3, 0.4) is 0 Å². The summed E-state index contributed by atoms with van der Waals surface area (Å²) in [5.41, 5.74) is 9.02. The predicted octanol–water partition coefficient (Wildman–Crippen LogP) is 7.89. The van der Waals surface area contributed by atoms with Gasteiger partial charge in [0.05, 0.1) is 28.1 Å². The van der Waals surface area contributed by atoms with Gasteiger partial charge in [-0.1, -0.05) is 66.7 Å². The molecule has 35 heavy (non-hydrogen) atoms. The van der Waals surface area contributed by atoms with Crippen molar-refractivity contribution < 1.29 is 4.42 Å². The van der Waals surface area contributed by atoms with Crippen LogP contribution >= 0.6 is 0 Å². The molecule has 162 valence electrons. The summed E-state index contributed by atoms with van der Waals surface area (Å²) >= 11 is 0. The molecule has 0 N–H and O–H groups in total. The van der Waals surface area contributed by atoms with Crippen LogP contribution in [0.1, 0.15) is 5.56 Å². The second-order valence-electron chi connectivity index (χ2n) is 8.61. The van der Waals surface area contributed by atoms with Crippen LogP contribution in [0.25, 0.3) is 66.3 Å². The highest BCUT2D eigenvalue weighted by molar-refractivity contribution is 6.18. The molecule has 0 aliphatic heterocycles. The first kappa shape index (κ1) is 19.5. The van der Waals surface area contributed by atoms with Crippen molar-refractivity contribution in [3.05, 3.63) is 109 Å². The molecule has 0 amide bonds. The average molecular weight is 447 g/mol. The third-order valence-electron chi connectivity index (χ3n) is 6.53. The molecule has 0 fully saturated rings. The zero-order chi connectivity index (χ0) is 23.4. The molecule has 7 rings (SSSR count). The number of aromatic nitrogens is 2. The fourth-order valence-corrected chi connectivity index (χ4v) is 4.73. The Morgan fingerprint density at radius 2 is 1.26 bits per heavy atom. The Hall–Kier alpha value is -5.01. The van der Waals surface area contributed by atoms with E-state index in [2.05, 4.69) is 59.6 Å². The van der Waals surface area contributed by atoms with E-state index < -0.39 is 0 Å². The number of hydrogen-bond donors (Lipinski definition) is 0. The third-order valence-corrected chi connectivity index (χ3v) is 6.53. The normalized spacial score (nSPS) is 11.4. The van der Waals surface area contributed by atoms with Crippen LogP contribution in [0.2, 0.25) is 0 Å². The van der Waals surface area contributed by atoms with Gasteiger partial charge in [0, 0.05) is 0 Å². The van der Waals surface area contributed by atoms with Gasteiger partial charge in [0.1, 0.15) is 11.1 Å². The minimum atomic E-state index is 0.564. The van der Waals surface area contributed by atoms with Crippen LogP contribution in [0.4, 0.5) is 0 Å². The predicted molar refractivity (Wildman–Crippen MR) is 140 cm³/mol. The lowest BCUT2D eigenvalue weighted by molar-refractivity contribution is 0.655. The van der Waals surface area contributed by atoms with E-state index in [1.165, 1.54) is 0 Å². The topological polar surface area (TPSA) is 62.7 Å². The summed E-state index contributed by atoms with van der Waals surface area (Å²) in [6.45, 7) is 0. The number of para-hydroxylation sites is 2. The molecule has 2 aromatic heterocycles. The van der Waals surface area contributed by atoms with Gasteiger partial charge in [0.15, 0.2) is 0 Å². The standard InChI is InChI=1S/C31H17N3O/c32-18-19-5-7-20(8-6-19)21-9-11-22(12-10-21)23-13-15-25-24(17-23)14-16-28-29(25)30-31(35-28)34-27-4-2-1-3-26(27)33-30/h1-17H. The van der Waals surface area contributed by atoms with Crippen LogP contribution in [-0.2, 0) is 0 Å². The van der Waals surface area contributed by atoms with Crippen LogP contribution < -0.4 is 0 Å². The SMILES string of the molecule is N#Cc1ccc(-c2ccc(-c3ccc4c(ccc5oc6nc7ccccc7nc6c54)c3)cc2)cc1. The third kappa shape index (κ3) is 3.14. The zero-order valence-electron chi connectivity index (χ0n) is 18.6. The van der Waals surface area contributed by atoms with E-state index in [9.17, 15) is 0 Å². The summed E-state index contributed by atoms with van der Waals surface area (Å²) in [6.07, 6.45) is 0. The molecule has 0 saturated carbocycles. The Labute approximate surface area is 200 Å². The van der Waals surface area contributed by atoms with E-state index in [0.717, 1.165) is 60.5 Å². The van der Waals surface area contributed by atoms with Gasteiger partial charge in [0.25, 0.3) is 0 Å². The Balaban J connectivity index is 1.32. The van der Waals surface area contributed by atoms with Crippen molar-refractivity contribution >= 4 is 44.0 Å². The molecule has 0 unspecified atom stereocenters. The number of benzene rings is 5. The first-order valence-electron chi connectivity index (χ1n) is 11.4. The average Bonchev–Trinajstić information content (AvgIpc) is 3.29. The molecule has 7 aromatic rings. The highest BCUT2D eigenvalue weighted by Crippen LogP contribution is 2.36. The van der Waals surface area contributed by atoms with E-state index in [1.54, 1.807) is 0 Å². The molecule has 0 bridgehead atoms. The lowest BCUT2D eigenvalue weighted by Gasteiger charge is -2.07. The number of fused-ring (bicyclic) bond motifs is 6. The highest BCUT2D eigenvalue weighted by Gasteiger charge is 2.14. The molecule has 0 radical (unpaired) electrons. The van der Waals surface area contributed by atoms with Crippen LogP contribution in [0, 0.1) is 11.3 Å². The van der Waals surface area contributed by atoms with E-state index in [-0.39, 0.29) is 0 Å². The number of furan rings is 1. The summed E-state index contributed by atoms with van der Waals surface area (Å²) in [6, 6.07) is 36.8. The van der Waals surface area contributed by atoms with Gasteiger partial charge in [-0.2, -0.15) is 5.26 Å². The zero-order valence-corrected chi connectivity index (χ0v) is 18.6. The quantitative estimate of drug-likeness (QED) is 0.270. The second-order valence-corrected chi connectivity index (χ2v) is 8.61. The van der Waals surface area contributed by atoms with Gasteiger partial charge in [0.2, 0.25) is 5.71 Å². The molecule has 0 aliphatic rings. The molecule has 4 heteroatoms. The van der Waals surface area contributed by atoms with Crippen LogP contribution in [0.15, 0.2) is 108 Å². The molecular weight excluding hydrogens is 430 g/mol. The summed E-state index contributed by atoms with van der Waals surface area (Å²) in [4.78, 5) is 9.56. The maximum atomic E-state index is 9.02. The van der Waals surface area contributed by atoms with E-state index in [0.29, 0.717) is 11.3 Å². The van der Waals surface area contributed by atoms with Crippen molar-refractivity contribution in [3.8, 4) is 28.3 Å². The lowest BCUT2D eigenvalue weighted by atomic mass is 9.97. The van der Waals surface area contributed by atoms with Crippen molar-refractivity contribution in [3.63, 3.8) is 0 Å². The van der Waals surface area contributed by atoms with E-state index in [4.69, 9.17) is 14.7 Å². The van der Waals surface area contributed by atoms with Crippen LogP contribution in [0.5, 0.6) is 0 Å². The molecule has 0 aliphatic carbocycles. The molecule has 2 heterocycles. The molecule has 5 aromatic carbocycles. The van der Waals surface area contributed by atoms with Crippen LogP contribution in [-0.4, -0.2) is 9.97 Å². The second kappa shape index (κ2) is 7.51. The van der Waals surface area contributed by atoms with Crippen molar-refractivity contribution in [2.75, 3.05) is 0 Å². The van der Waals surface area contributed by atoms with Gasteiger partial charge >= 0.3 is 0 Å². The first-order chi connectivity index (χ1) is 17.3. The maximum Gasteiger partial charge on any atom is 0.246 e. The summed E-state index contributed by atoms with van der Waals surface area (Å²) < 4.78 is 6.06. The monoisotopic (exact) mass is 447 g/mol. The number of hydrogen-bond acceptors (Lipinski definition) is 4. The largest absolute Gasteiger partial charge is 0.436 e. The highest BCUT2D eigenvalue weighted by atomic mass is 16.3. The number of nitriles is 1. The lowest BCUT2D eigenvalue weighted by Crippen LogP contribution is -1.85. The van der Waals surface area contributed by atoms with Gasteiger partial charge in [-0.15, -0.1) is 0 Å². The van der Waals surface area contributed by atoms with Gasteiger partial charge < -0.3 is 4.42 Å². The Morgan fingerprint density at radius 1 is 0.629 bits per heavy atom. The van der Waals surface area contributed by atoms with Gasteiger partial charge in [-0.25, -0.2) is 9.97 Å². The van der Waals surface area contributed by atoms with Gasteiger partial charge in [-0.3, -0.25) is 0 Å². The fraction of sp³-hybridized carbons (Fsp3) is 0. The molecule has 0 saturated heterocycles. The first-order valence-corrected chi connectivity index (χ1v) is 11.4. The van der Waals surface area contributed by atoms with Gasteiger partial charge in [-0.05, 0) is 69.4 Å². The smallest absolute Gasteiger partial charge is 0.246 e. The fourth-order valence-electron chi connectivity index (χ4n) is 4.73. The molecule has 0 spiro atoms. The number of nitrogens with zero attached hydrogens (tertiary/aromatic N) is 3. The Kier molecular flexibility index (Phi) is 4.18. The molecule has 4 nitrogen and oxygen atoms in total. The van der Waals surface area contributed by atoms with Crippen molar-refractivity contribution in [2.45, 2.75) is 0 Å². The summed E-state index contributed by atoms with van der Waals surface area (Å²) in [5.74, 6) is 0. The Bertz CT molecular complexity index is 1940. The Morgan fingerprint density at radius 3 is 1.97 bits per heavy atom. The maximum absolute atomic E-state index is 9.02. The summed E-state index contributed by atoms with van der Waals surface area (Å²) in [7, 11) is 0. The number of rotatable bonds is 2. The molecule has 0 atom stereocenters. The molecular formula is C31H17N3O. The minimum absolute atomic E-state index is 0.564. The van der Waals surface area contributed by atoms with Crippen molar-refractivity contribution in [2.24, 2.45) is 0 Å². The minimum Gasteiger partial charge on any atom is -0.436 e. The van der Waals surface area contributed by atoms with Crippen molar-refractivity contribution in [1.29, 1.82) is 5.26 Å². The summed E-state index contributed by atoms with van der Waals surface area (Å²) in [5, 5.41) is 12.2. The van der Waals surface area contributed by atoms with E-state index >= 15 is 0 Å². The van der Waals surface area contributed by atoms with Crippen molar-refractivity contribution in [1.82, 2.24) is 9.97 Å². The van der Waals surface area contributed by atoms with E-state index in [1.807, 2.05) is 54.6 Å².